The molecule has 2 aliphatic heterocycles. The number of amides is 1. The molecular weight excluding hydrogens is 246 g/mol. The highest BCUT2D eigenvalue weighted by atomic mass is 32.2. The number of nitrogens with zero attached hydrogens (tertiary/aromatic N) is 1. The zero-order valence-corrected chi connectivity index (χ0v) is 11.1. The molecule has 1 atom stereocenters. The highest BCUT2D eigenvalue weighted by molar-refractivity contribution is 7.99. The number of rotatable bonds is 1. The van der Waals surface area contributed by atoms with Crippen LogP contribution in [-0.2, 0) is 9.53 Å². The number of hydrogen-bond donors (Lipinski definition) is 0. The van der Waals surface area contributed by atoms with Gasteiger partial charge in [-0.05, 0) is 30.7 Å². The van der Waals surface area contributed by atoms with Crippen LogP contribution >= 0.6 is 11.8 Å². The number of para-hydroxylation sites is 1. The van der Waals surface area contributed by atoms with E-state index in [1.807, 2.05) is 28.8 Å². The molecule has 1 unspecified atom stereocenters. The molecule has 4 heteroatoms. The second-order valence-electron chi connectivity index (χ2n) is 4.72. The average Bonchev–Trinajstić information content (AvgIpc) is 2.85. The monoisotopic (exact) mass is 263 g/mol. The first-order valence-electron chi connectivity index (χ1n) is 6.47. The second kappa shape index (κ2) is 5.33. The molecule has 0 aromatic heterocycles. The Morgan fingerprint density at radius 1 is 1.39 bits per heavy atom. The fourth-order valence-corrected chi connectivity index (χ4v) is 3.50. The van der Waals surface area contributed by atoms with E-state index in [2.05, 4.69) is 12.1 Å². The van der Waals surface area contributed by atoms with Gasteiger partial charge in [0.05, 0.1) is 18.2 Å². The lowest BCUT2D eigenvalue weighted by atomic mass is 10.1. The Morgan fingerprint density at radius 3 is 3.11 bits per heavy atom. The molecule has 3 rings (SSSR count). The molecular formula is C14H17NO2S. The van der Waals surface area contributed by atoms with Crippen LogP contribution in [-0.4, -0.2) is 31.4 Å². The van der Waals surface area contributed by atoms with Crippen LogP contribution in [0.3, 0.4) is 0 Å². The number of carbonyl (C=O) groups is 1. The summed E-state index contributed by atoms with van der Waals surface area (Å²) in [5, 5.41) is 0. The first-order chi connectivity index (χ1) is 8.86. The van der Waals surface area contributed by atoms with Gasteiger partial charge in [-0.25, -0.2) is 0 Å². The summed E-state index contributed by atoms with van der Waals surface area (Å²) in [5.41, 5.74) is 1.08. The van der Waals surface area contributed by atoms with Gasteiger partial charge in [0.25, 0.3) is 0 Å². The topological polar surface area (TPSA) is 29.5 Å². The molecule has 1 fully saturated rings. The maximum Gasteiger partial charge on any atom is 0.232 e. The molecule has 1 aromatic rings. The molecule has 0 saturated carbocycles. The van der Waals surface area contributed by atoms with E-state index in [4.69, 9.17) is 4.74 Å². The van der Waals surface area contributed by atoms with E-state index >= 15 is 0 Å². The molecule has 2 aliphatic rings. The van der Waals surface area contributed by atoms with Gasteiger partial charge in [0, 0.05) is 18.0 Å². The summed E-state index contributed by atoms with van der Waals surface area (Å²) in [7, 11) is 0. The third-order valence-electron chi connectivity index (χ3n) is 3.48. The first-order valence-corrected chi connectivity index (χ1v) is 7.46. The second-order valence-corrected chi connectivity index (χ2v) is 5.86. The Balaban J connectivity index is 1.88. The quantitative estimate of drug-likeness (QED) is 0.780. The Labute approximate surface area is 111 Å². The van der Waals surface area contributed by atoms with Crippen molar-refractivity contribution in [2.45, 2.75) is 17.7 Å². The van der Waals surface area contributed by atoms with Crippen LogP contribution in [0, 0.1) is 5.92 Å². The summed E-state index contributed by atoms with van der Waals surface area (Å²) in [6.45, 7) is 2.14. The summed E-state index contributed by atoms with van der Waals surface area (Å²) < 4.78 is 5.34. The van der Waals surface area contributed by atoms with E-state index in [-0.39, 0.29) is 11.8 Å². The Kier molecular flexibility index (Phi) is 3.57. The van der Waals surface area contributed by atoms with E-state index in [1.165, 1.54) is 4.90 Å². The molecule has 96 valence electrons. The zero-order chi connectivity index (χ0) is 12.4. The summed E-state index contributed by atoms with van der Waals surface area (Å²) >= 11 is 1.85. The van der Waals surface area contributed by atoms with E-state index in [1.54, 1.807) is 0 Å². The van der Waals surface area contributed by atoms with Crippen LogP contribution in [0.1, 0.15) is 12.8 Å². The van der Waals surface area contributed by atoms with Gasteiger partial charge in [-0.3, -0.25) is 4.79 Å². The third kappa shape index (κ3) is 2.27. The van der Waals surface area contributed by atoms with Crippen molar-refractivity contribution in [3.05, 3.63) is 24.3 Å². The van der Waals surface area contributed by atoms with Gasteiger partial charge in [0.1, 0.15) is 0 Å². The van der Waals surface area contributed by atoms with Crippen LogP contribution in [0.2, 0.25) is 0 Å². The van der Waals surface area contributed by atoms with Gasteiger partial charge >= 0.3 is 0 Å². The lowest BCUT2D eigenvalue weighted by molar-refractivity contribution is -0.122. The molecule has 3 nitrogen and oxygen atoms in total. The van der Waals surface area contributed by atoms with E-state index < -0.39 is 0 Å². The molecule has 1 aromatic carbocycles. The van der Waals surface area contributed by atoms with Crippen molar-refractivity contribution in [1.29, 1.82) is 0 Å². The molecule has 0 bridgehead atoms. The number of anilines is 1. The molecule has 0 N–H and O–H groups in total. The zero-order valence-electron chi connectivity index (χ0n) is 10.3. The SMILES string of the molecule is O=C(C1CCOC1)N1CCCSc2ccccc21. The maximum atomic E-state index is 12.6. The normalized spacial score (nSPS) is 23.6. The number of hydrogen-bond acceptors (Lipinski definition) is 3. The van der Waals surface area contributed by atoms with E-state index in [9.17, 15) is 4.79 Å². The summed E-state index contributed by atoms with van der Waals surface area (Å²) in [5.74, 6) is 1.38. The molecule has 1 amide bonds. The largest absolute Gasteiger partial charge is 0.381 e. The minimum atomic E-state index is 0.0566. The van der Waals surface area contributed by atoms with Crippen molar-refractivity contribution >= 4 is 23.4 Å². The Morgan fingerprint density at radius 2 is 2.28 bits per heavy atom. The predicted octanol–water partition coefficient (Wildman–Crippen LogP) is 2.55. The van der Waals surface area contributed by atoms with Crippen LogP contribution < -0.4 is 4.90 Å². The number of benzene rings is 1. The van der Waals surface area contributed by atoms with Crippen molar-refractivity contribution in [1.82, 2.24) is 0 Å². The molecule has 2 heterocycles. The lowest BCUT2D eigenvalue weighted by Crippen LogP contribution is -2.37. The smallest absolute Gasteiger partial charge is 0.232 e. The van der Waals surface area contributed by atoms with Gasteiger partial charge < -0.3 is 9.64 Å². The van der Waals surface area contributed by atoms with Crippen molar-refractivity contribution in [3.8, 4) is 0 Å². The van der Waals surface area contributed by atoms with Crippen molar-refractivity contribution in [2.24, 2.45) is 5.92 Å². The molecule has 18 heavy (non-hydrogen) atoms. The van der Waals surface area contributed by atoms with E-state index in [0.29, 0.717) is 6.61 Å². The summed E-state index contributed by atoms with van der Waals surface area (Å²) in [4.78, 5) is 15.7. The van der Waals surface area contributed by atoms with Crippen molar-refractivity contribution in [2.75, 3.05) is 30.4 Å². The minimum Gasteiger partial charge on any atom is -0.381 e. The number of carbonyl (C=O) groups excluding carboxylic acids is 1. The first kappa shape index (κ1) is 12.1. The Hall–Kier alpha value is -1.00. The van der Waals surface area contributed by atoms with Crippen LogP contribution in [0.4, 0.5) is 5.69 Å². The van der Waals surface area contributed by atoms with Gasteiger partial charge in [-0.15, -0.1) is 11.8 Å². The van der Waals surface area contributed by atoms with Crippen LogP contribution in [0.5, 0.6) is 0 Å². The maximum absolute atomic E-state index is 12.6. The van der Waals surface area contributed by atoms with Gasteiger partial charge in [0.2, 0.25) is 5.91 Å². The number of ether oxygens (including phenoxy) is 1. The van der Waals surface area contributed by atoms with Crippen molar-refractivity contribution in [3.63, 3.8) is 0 Å². The third-order valence-corrected chi connectivity index (χ3v) is 4.63. The Bertz CT molecular complexity index is 443. The number of fused-ring (bicyclic) bond motifs is 1. The van der Waals surface area contributed by atoms with Crippen LogP contribution in [0.25, 0.3) is 0 Å². The average molecular weight is 263 g/mol. The minimum absolute atomic E-state index is 0.0566. The standard InChI is InChI=1S/C14H17NO2S/c16-14(11-6-8-17-10-11)15-7-3-9-18-13-5-2-1-4-12(13)15/h1-2,4-5,11H,3,6-10H2. The highest BCUT2D eigenvalue weighted by Gasteiger charge is 2.30. The predicted molar refractivity (Wildman–Crippen MR) is 73.1 cm³/mol. The van der Waals surface area contributed by atoms with Crippen molar-refractivity contribution < 1.29 is 9.53 Å². The van der Waals surface area contributed by atoms with Gasteiger partial charge in [-0.2, -0.15) is 0 Å². The van der Waals surface area contributed by atoms with Gasteiger partial charge in [-0.1, -0.05) is 12.1 Å². The van der Waals surface area contributed by atoms with Gasteiger partial charge in [0.15, 0.2) is 0 Å². The van der Waals surface area contributed by atoms with E-state index in [0.717, 1.165) is 37.4 Å². The fourth-order valence-electron chi connectivity index (χ4n) is 2.51. The lowest BCUT2D eigenvalue weighted by Gasteiger charge is -2.24. The molecule has 0 aliphatic carbocycles. The summed E-state index contributed by atoms with van der Waals surface area (Å²) in [6.07, 6.45) is 1.92. The van der Waals surface area contributed by atoms with Crippen LogP contribution in [0.15, 0.2) is 29.2 Å². The highest BCUT2D eigenvalue weighted by Crippen LogP contribution is 2.34. The molecule has 0 spiro atoms. The summed E-state index contributed by atoms with van der Waals surface area (Å²) in [6, 6.07) is 8.22. The molecule has 1 saturated heterocycles. The molecule has 0 radical (unpaired) electrons. The number of thioether (sulfide) groups is 1. The fraction of sp³-hybridized carbons (Fsp3) is 0.500.